The van der Waals surface area contributed by atoms with E-state index in [4.69, 9.17) is 9.52 Å². The van der Waals surface area contributed by atoms with Gasteiger partial charge in [0.1, 0.15) is 11.0 Å². The van der Waals surface area contributed by atoms with Crippen molar-refractivity contribution in [1.82, 2.24) is 5.32 Å². The molecule has 0 fully saturated rings. The van der Waals surface area contributed by atoms with Crippen molar-refractivity contribution in [2.45, 2.75) is 30.9 Å². The van der Waals surface area contributed by atoms with Crippen LogP contribution >= 0.6 is 11.8 Å². The number of amides is 1. The predicted molar refractivity (Wildman–Crippen MR) is 64.7 cm³/mol. The molecule has 6 heteroatoms. The summed E-state index contributed by atoms with van der Waals surface area (Å²) in [4.78, 5) is 22.3. The summed E-state index contributed by atoms with van der Waals surface area (Å²) in [5, 5.41) is 10.4. The zero-order valence-electron chi connectivity index (χ0n) is 9.67. The zero-order valence-corrected chi connectivity index (χ0v) is 10.5. The van der Waals surface area contributed by atoms with Gasteiger partial charge in [0.2, 0.25) is 5.91 Å². The van der Waals surface area contributed by atoms with E-state index in [9.17, 15) is 9.59 Å². The maximum absolute atomic E-state index is 11.6. The average molecular weight is 257 g/mol. The van der Waals surface area contributed by atoms with Gasteiger partial charge in [-0.05, 0) is 26.0 Å². The van der Waals surface area contributed by atoms with Crippen LogP contribution in [0.15, 0.2) is 22.8 Å². The highest BCUT2D eigenvalue weighted by atomic mass is 32.2. The van der Waals surface area contributed by atoms with Gasteiger partial charge in [0, 0.05) is 0 Å². The third-order valence-corrected chi connectivity index (χ3v) is 3.37. The van der Waals surface area contributed by atoms with Crippen molar-refractivity contribution in [3.05, 3.63) is 24.2 Å². The van der Waals surface area contributed by atoms with Crippen molar-refractivity contribution in [2.24, 2.45) is 0 Å². The molecule has 0 aliphatic heterocycles. The lowest BCUT2D eigenvalue weighted by Gasteiger charge is -2.13. The Morgan fingerprint density at radius 2 is 2.18 bits per heavy atom. The number of furan rings is 1. The maximum Gasteiger partial charge on any atom is 0.316 e. The highest BCUT2D eigenvalue weighted by Gasteiger charge is 2.20. The van der Waals surface area contributed by atoms with E-state index in [-0.39, 0.29) is 5.91 Å². The second kappa shape index (κ2) is 6.34. The molecule has 2 N–H and O–H groups in total. The number of carbonyl (C=O) groups is 2. The van der Waals surface area contributed by atoms with Crippen molar-refractivity contribution < 1.29 is 19.1 Å². The number of carboxylic acid groups (broad SMARTS) is 1. The first kappa shape index (κ1) is 13.6. The summed E-state index contributed by atoms with van der Waals surface area (Å²) in [5.74, 6) is -0.443. The monoisotopic (exact) mass is 257 g/mol. The number of thioether (sulfide) groups is 1. The first-order valence-electron chi connectivity index (χ1n) is 5.19. The number of rotatable bonds is 6. The predicted octanol–water partition coefficient (Wildman–Crippen LogP) is 1.49. The van der Waals surface area contributed by atoms with Gasteiger partial charge in [0.05, 0.1) is 18.1 Å². The SMILES string of the molecule is CC(SC(C)C(=O)NCc1ccco1)C(=O)O. The fourth-order valence-electron chi connectivity index (χ4n) is 1.16. The second-order valence-electron chi connectivity index (χ2n) is 3.56. The molecule has 0 saturated carbocycles. The lowest BCUT2D eigenvalue weighted by Crippen LogP contribution is -2.32. The summed E-state index contributed by atoms with van der Waals surface area (Å²) < 4.78 is 5.07. The molecule has 0 bridgehead atoms. The van der Waals surface area contributed by atoms with Crippen molar-refractivity contribution >= 4 is 23.6 Å². The van der Waals surface area contributed by atoms with E-state index in [0.717, 1.165) is 11.8 Å². The third-order valence-electron chi connectivity index (χ3n) is 2.14. The summed E-state index contributed by atoms with van der Waals surface area (Å²) in [5.41, 5.74) is 0. The van der Waals surface area contributed by atoms with Crippen LogP contribution in [0.4, 0.5) is 0 Å². The van der Waals surface area contributed by atoms with E-state index in [2.05, 4.69) is 5.32 Å². The quantitative estimate of drug-likeness (QED) is 0.807. The molecule has 1 heterocycles. The van der Waals surface area contributed by atoms with Crippen LogP contribution in [0, 0.1) is 0 Å². The number of nitrogens with one attached hydrogen (secondary N) is 1. The van der Waals surface area contributed by atoms with Gasteiger partial charge in [-0.1, -0.05) is 0 Å². The van der Waals surface area contributed by atoms with E-state index in [1.807, 2.05) is 0 Å². The fourth-order valence-corrected chi connectivity index (χ4v) is 2.09. The van der Waals surface area contributed by atoms with Crippen LogP contribution in [-0.2, 0) is 16.1 Å². The number of hydrogen-bond donors (Lipinski definition) is 2. The van der Waals surface area contributed by atoms with E-state index in [0.29, 0.717) is 12.3 Å². The molecule has 0 aromatic carbocycles. The summed E-state index contributed by atoms with van der Waals surface area (Å²) in [6.45, 7) is 3.56. The standard InChI is InChI=1S/C11H15NO4S/c1-7(17-8(2)11(14)15)10(13)12-6-9-4-3-5-16-9/h3-5,7-8H,6H2,1-2H3,(H,12,13)(H,14,15). The van der Waals surface area contributed by atoms with Gasteiger partial charge in [-0.2, -0.15) is 0 Å². The number of hydrogen-bond acceptors (Lipinski definition) is 4. The highest BCUT2D eigenvalue weighted by molar-refractivity contribution is 8.01. The van der Waals surface area contributed by atoms with Crippen LogP contribution < -0.4 is 5.32 Å². The molecular formula is C11H15NO4S. The van der Waals surface area contributed by atoms with Crippen molar-refractivity contribution in [3.63, 3.8) is 0 Å². The van der Waals surface area contributed by atoms with Gasteiger partial charge >= 0.3 is 5.97 Å². The van der Waals surface area contributed by atoms with Gasteiger partial charge in [-0.15, -0.1) is 11.8 Å². The van der Waals surface area contributed by atoms with E-state index in [1.165, 1.54) is 6.26 Å². The maximum atomic E-state index is 11.6. The van der Waals surface area contributed by atoms with Crippen LogP contribution in [0.3, 0.4) is 0 Å². The van der Waals surface area contributed by atoms with Crippen molar-refractivity contribution in [3.8, 4) is 0 Å². The fraction of sp³-hybridized carbons (Fsp3) is 0.455. The first-order valence-corrected chi connectivity index (χ1v) is 6.13. The molecule has 94 valence electrons. The largest absolute Gasteiger partial charge is 0.480 e. The molecule has 0 aliphatic rings. The van der Waals surface area contributed by atoms with Gasteiger partial charge in [0.15, 0.2) is 0 Å². The van der Waals surface area contributed by atoms with E-state index in [1.54, 1.807) is 26.0 Å². The van der Waals surface area contributed by atoms with Crippen LogP contribution in [0.5, 0.6) is 0 Å². The van der Waals surface area contributed by atoms with Crippen molar-refractivity contribution in [1.29, 1.82) is 0 Å². The topological polar surface area (TPSA) is 79.5 Å². The van der Waals surface area contributed by atoms with Crippen LogP contribution in [-0.4, -0.2) is 27.5 Å². The van der Waals surface area contributed by atoms with Gasteiger partial charge < -0.3 is 14.8 Å². The van der Waals surface area contributed by atoms with E-state index >= 15 is 0 Å². The second-order valence-corrected chi connectivity index (χ2v) is 5.24. The Hall–Kier alpha value is -1.43. The Labute approximate surface area is 104 Å². The molecule has 5 nitrogen and oxygen atoms in total. The Kier molecular flexibility index (Phi) is 5.09. The smallest absolute Gasteiger partial charge is 0.316 e. The van der Waals surface area contributed by atoms with Gasteiger partial charge in [-0.25, -0.2) is 0 Å². The average Bonchev–Trinajstić information content (AvgIpc) is 2.78. The molecule has 1 aromatic heterocycles. The minimum Gasteiger partial charge on any atom is -0.480 e. The van der Waals surface area contributed by atoms with Crippen LogP contribution in [0.25, 0.3) is 0 Å². The summed E-state index contributed by atoms with van der Waals surface area (Å²) in [6.07, 6.45) is 1.53. The molecule has 1 amide bonds. The number of carboxylic acids is 1. The lowest BCUT2D eigenvalue weighted by atomic mass is 10.4. The van der Waals surface area contributed by atoms with Crippen LogP contribution in [0.1, 0.15) is 19.6 Å². The zero-order chi connectivity index (χ0) is 12.8. The number of carbonyl (C=O) groups excluding carboxylic acids is 1. The molecule has 2 unspecified atom stereocenters. The van der Waals surface area contributed by atoms with E-state index < -0.39 is 16.5 Å². The Balaban J connectivity index is 2.34. The molecule has 1 aromatic rings. The summed E-state index contributed by atoms with van der Waals surface area (Å²) in [7, 11) is 0. The minimum absolute atomic E-state index is 0.195. The summed E-state index contributed by atoms with van der Waals surface area (Å²) >= 11 is 1.11. The normalized spacial score (nSPS) is 14.0. The van der Waals surface area contributed by atoms with Crippen molar-refractivity contribution in [2.75, 3.05) is 0 Å². The molecular weight excluding hydrogens is 242 g/mol. The third kappa shape index (κ3) is 4.52. The number of aliphatic carboxylic acids is 1. The van der Waals surface area contributed by atoms with Gasteiger partial charge in [0.25, 0.3) is 0 Å². The minimum atomic E-state index is -0.916. The van der Waals surface area contributed by atoms with Crippen LogP contribution in [0.2, 0.25) is 0 Å². The molecule has 0 saturated heterocycles. The Morgan fingerprint density at radius 3 is 2.71 bits per heavy atom. The first-order chi connectivity index (χ1) is 8.00. The molecule has 0 aliphatic carbocycles. The van der Waals surface area contributed by atoms with Gasteiger partial charge in [-0.3, -0.25) is 9.59 Å². The molecule has 2 atom stereocenters. The molecule has 17 heavy (non-hydrogen) atoms. The Morgan fingerprint density at radius 1 is 1.47 bits per heavy atom. The Bertz CT molecular complexity index is 377. The highest BCUT2D eigenvalue weighted by Crippen LogP contribution is 2.17. The molecule has 0 spiro atoms. The molecule has 1 rings (SSSR count). The molecule has 0 radical (unpaired) electrons. The lowest BCUT2D eigenvalue weighted by molar-refractivity contribution is -0.136. The summed E-state index contributed by atoms with van der Waals surface area (Å²) in [6, 6.07) is 3.50.